The largest absolute Gasteiger partial charge is 0.376 e. The Morgan fingerprint density at radius 3 is 2.65 bits per heavy atom. The summed E-state index contributed by atoms with van der Waals surface area (Å²) in [5.74, 6) is -1.34. The van der Waals surface area contributed by atoms with Gasteiger partial charge in [0.05, 0.1) is 5.92 Å². The highest BCUT2D eigenvalue weighted by atomic mass is 16.6. The highest BCUT2D eigenvalue weighted by Crippen LogP contribution is 2.52. The lowest BCUT2D eigenvalue weighted by Crippen LogP contribution is -2.49. The number of hydrogen-bond donors (Lipinski definition) is 1. The number of carbonyl (C=O) groups is 1. The predicted molar refractivity (Wildman–Crippen MR) is 84.8 cm³/mol. The first-order valence-electron chi connectivity index (χ1n) is 7.91. The summed E-state index contributed by atoms with van der Waals surface area (Å²) in [6.45, 7) is 0. The Hall–Kier alpha value is -2.27. The molecule has 2 aliphatic carbocycles. The van der Waals surface area contributed by atoms with Crippen LogP contribution in [0, 0.1) is 16.0 Å². The van der Waals surface area contributed by atoms with E-state index in [4.69, 9.17) is 0 Å². The second-order valence-electron chi connectivity index (χ2n) is 6.65. The first-order chi connectivity index (χ1) is 11.0. The van der Waals surface area contributed by atoms with Gasteiger partial charge >= 0.3 is 0 Å². The van der Waals surface area contributed by atoms with Crippen LogP contribution in [-0.2, 0) is 4.79 Å². The van der Waals surface area contributed by atoms with Crippen molar-refractivity contribution in [2.24, 2.45) is 5.92 Å². The van der Waals surface area contributed by atoms with Gasteiger partial charge in [-0.15, -0.1) is 0 Å². The quantitative estimate of drug-likeness (QED) is 0.683. The van der Waals surface area contributed by atoms with Crippen molar-refractivity contribution in [1.82, 2.24) is 0 Å². The van der Waals surface area contributed by atoms with Gasteiger partial charge < -0.3 is 5.11 Å². The lowest BCUT2D eigenvalue weighted by atomic mass is 9.82. The molecule has 5 nitrogen and oxygen atoms in total. The van der Waals surface area contributed by atoms with Gasteiger partial charge in [0.15, 0.2) is 11.4 Å². The summed E-state index contributed by atoms with van der Waals surface area (Å²) in [5.41, 5.74) is -1.02. The molecule has 4 rings (SSSR count). The van der Waals surface area contributed by atoms with Crippen LogP contribution in [-0.4, -0.2) is 27.5 Å². The molecule has 23 heavy (non-hydrogen) atoms. The van der Waals surface area contributed by atoms with Crippen molar-refractivity contribution in [2.45, 2.75) is 36.8 Å². The van der Waals surface area contributed by atoms with Crippen LogP contribution in [0.25, 0.3) is 10.8 Å². The number of nitrogens with zero attached hydrogens (tertiary/aromatic N) is 1. The number of aliphatic hydroxyl groups is 1. The fraction of sp³-hybridized carbons (Fsp3) is 0.389. The highest BCUT2D eigenvalue weighted by Gasteiger charge is 2.67. The Kier molecular flexibility index (Phi) is 3.03. The third kappa shape index (κ3) is 1.93. The van der Waals surface area contributed by atoms with Crippen molar-refractivity contribution in [3.8, 4) is 0 Å². The number of hydrogen-bond acceptors (Lipinski definition) is 4. The molecule has 0 aromatic heterocycles. The summed E-state index contributed by atoms with van der Waals surface area (Å²) in [6, 6.07) is 12.3. The van der Waals surface area contributed by atoms with Crippen molar-refractivity contribution < 1.29 is 14.8 Å². The van der Waals surface area contributed by atoms with E-state index in [1.165, 1.54) is 0 Å². The lowest BCUT2D eigenvalue weighted by Gasteiger charge is -2.25. The summed E-state index contributed by atoms with van der Waals surface area (Å²) in [4.78, 5) is 23.7. The van der Waals surface area contributed by atoms with Gasteiger partial charge in [-0.1, -0.05) is 42.5 Å². The molecule has 0 radical (unpaired) electrons. The van der Waals surface area contributed by atoms with Crippen LogP contribution in [0.4, 0.5) is 0 Å². The number of ketones is 1. The second kappa shape index (κ2) is 4.86. The second-order valence-corrected chi connectivity index (χ2v) is 6.65. The first-order valence-corrected chi connectivity index (χ1v) is 7.91. The normalized spacial score (nSPS) is 33.1. The van der Waals surface area contributed by atoms with Crippen LogP contribution in [0.1, 0.15) is 30.7 Å². The van der Waals surface area contributed by atoms with Crippen molar-refractivity contribution in [2.75, 3.05) is 0 Å². The van der Waals surface area contributed by atoms with E-state index in [2.05, 4.69) is 0 Å². The van der Waals surface area contributed by atoms with Crippen LogP contribution in [0.5, 0.6) is 0 Å². The summed E-state index contributed by atoms with van der Waals surface area (Å²) >= 11 is 0. The molecule has 2 fully saturated rings. The molecule has 4 atom stereocenters. The van der Waals surface area contributed by atoms with Gasteiger partial charge in [-0.3, -0.25) is 14.9 Å². The minimum atomic E-state index is -1.80. The molecule has 2 aromatic rings. The van der Waals surface area contributed by atoms with Crippen LogP contribution in [0.2, 0.25) is 0 Å². The molecule has 5 heteroatoms. The molecule has 2 bridgehead atoms. The Labute approximate surface area is 133 Å². The molecular weight excluding hydrogens is 294 g/mol. The van der Waals surface area contributed by atoms with Crippen molar-refractivity contribution in [1.29, 1.82) is 0 Å². The molecule has 1 N–H and O–H groups in total. The van der Waals surface area contributed by atoms with Gasteiger partial charge in [0.2, 0.25) is 0 Å². The zero-order valence-corrected chi connectivity index (χ0v) is 12.5. The van der Waals surface area contributed by atoms with Crippen LogP contribution in [0.15, 0.2) is 42.5 Å². The maximum atomic E-state index is 12.5. The number of nitro groups is 1. The molecule has 0 aliphatic heterocycles. The lowest BCUT2D eigenvalue weighted by molar-refractivity contribution is -0.542. The Morgan fingerprint density at radius 1 is 1.17 bits per heavy atom. The van der Waals surface area contributed by atoms with E-state index in [-0.39, 0.29) is 12.2 Å². The molecule has 0 saturated heterocycles. The predicted octanol–water partition coefficient (Wildman–Crippen LogP) is 2.68. The van der Waals surface area contributed by atoms with Gasteiger partial charge in [-0.05, 0) is 35.6 Å². The van der Waals surface area contributed by atoms with Gasteiger partial charge in [-0.25, -0.2) is 0 Å². The third-order valence-electron chi connectivity index (χ3n) is 5.48. The minimum Gasteiger partial charge on any atom is -0.376 e. The summed E-state index contributed by atoms with van der Waals surface area (Å²) < 4.78 is 0. The number of carbonyl (C=O) groups excluding carboxylic acids is 1. The SMILES string of the molecule is O=C1[C@H]2CCC[C@]1(O)[C@@H]([N+](=O)[O-])[C@H]2c1ccc2ccccc2c1. The monoisotopic (exact) mass is 311 g/mol. The fourth-order valence-electron chi connectivity index (χ4n) is 4.46. The number of rotatable bonds is 2. The molecule has 0 spiro atoms. The number of fused-ring (bicyclic) bond motifs is 3. The maximum Gasteiger partial charge on any atom is 0.255 e. The Balaban J connectivity index is 1.87. The van der Waals surface area contributed by atoms with Crippen LogP contribution < -0.4 is 0 Å². The Bertz CT molecular complexity index is 818. The standard InChI is InChI=1S/C18H17NO4/c20-17-14-6-3-9-18(17,21)16(19(22)23)15(14)13-8-7-11-4-1-2-5-12(11)10-13/h1-2,4-5,7-8,10,14-16,21H,3,6,9H2/t14-,15-,16-,18-/m0/s1. The van der Waals surface area contributed by atoms with Crippen molar-refractivity contribution in [3.05, 3.63) is 58.1 Å². The van der Waals surface area contributed by atoms with Gasteiger partial charge in [0, 0.05) is 10.8 Å². The maximum absolute atomic E-state index is 12.5. The van der Waals surface area contributed by atoms with Gasteiger partial charge in [0.1, 0.15) is 0 Å². The summed E-state index contributed by atoms with van der Waals surface area (Å²) in [5, 5.41) is 24.4. The Morgan fingerprint density at radius 2 is 1.91 bits per heavy atom. The molecule has 118 valence electrons. The van der Waals surface area contributed by atoms with Gasteiger partial charge in [0.25, 0.3) is 6.04 Å². The van der Waals surface area contributed by atoms with Gasteiger partial charge in [-0.2, -0.15) is 0 Å². The summed E-state index contributed by atoms with van der Waals surface area (Å²) in [6.07, 6.45) is 1.46. The van der Waals surface area contributed by atoms with Crippen LogP contribution in [0.3, 0.4) is 0 Å². The van der Waals surface area contributed by atoms with E-state index in [0.29, 0.717) is 12.8 Å². The van der Waals surface area contributed by atoms with E-state index in [1.54, 1.807) is 0 Å². The molecule has 0 unspecified atom stereocenters. The first kappa shape index (κ1) is 14.3. The smallest absolute Gasteiger partial charge is 0.255 e. The molecule has 0 amide bonds. The van der Waals surface area contributed by atoms with Crippen LogP contribution >= 0.6 is 0 Å². The summed E-state index contributed by atoms with van der Waals surface area (Å²) in [7, 11) is 0. The average Bonchev–Trinajstić information content (AvgIpc) is 2.67. The molecule has 2 aliphatic rings. The molecule has 2 aromatic carbocycles. The van der Waals surface area contributed by atoms with Crippen molar-refractivity contribution in [3.63, 3.8) is 0 Å². The molecular formula is C18H17NO4. The molecule has 0 heterocycles. The van der Waals surface area contributed by atoms with Crippen molar-refractivity contribution >= 4 is 16.6 Å². The van der Waals surface area contributed by atoms with E-state index in [0.717, 1.165) is 16.3 Å². The van der Waals surface area contributed by atoms with E-state index < -0.39 is 28.4 Å². The molecule has 2 saturated carbocycles. The average molecular weight is 311 g/mol. The third-order valence-corrected chi connectivity index (χ3v) is 5.48. The zero-order valence-electron chi connectivity index (χ0n) is 12.5. The number of Topliss-reactive ketones (excluding diaryl/α,β-unsaturated/α-hetero) is 1. The highest BCUT2D eigenvalue weighted by molar-refractivity contribution is 5.95. The van der Waals surface area contributed by atoms with E-state index >= 15 is 0 Å². The zero-order chi connectivity index (χ0) is 16.2. The minimum absolute atomic E-state index is 0.193. The van der Waals surface area contributed by atoms with E-state index in [9.17, 15) is 20.0 Å². The topological polar surface area (TPSA) is 80.4 Å². The van der Waals surface area contributed by atoms with E-state index in [1.807, 2.05) is 42.5 Å². The fourth-order valence-corrected chi connectivity index (χ4v) is 4.46. The number of benzene rings is 2.